The lowest BCUT2D eigenvalue weighted by molar-refractivity contribution is -0.120. The third-order valence-corrected chi connectivity index (χ3v) is 3.63. The number of nitrogens with one attached hydrogen (secondary N) is 1. The molecular weight excluding hydrogens is 288 g/mol. The van der Waals surface area contributed by atoms with E-state index in [0.717, 1.165) is 22.6 Å². The van der Waals surface area contributed by atoms with Gasteiger partial charge < -0.3 is 10.1 Å². The van der Waals surface area contributed by atoms with E-state index in [9.17, 15) is 4.79 Å². The van der Waals surface area contributed by atoms with E-state index in [1.54, 1.807) is 13.3 Å². The van der Waals surface area contributed by atoms with Crippen LogP contribution in [-0.2, 0) is 23.2 Å². The average molecular weight is 312 g/mol. The van der Waals surface area contributed by atoms with Gasteiger partial charge in [0.25, 0.3) is 0 Å². The first kappa shape index (κ1) is 17.0. The minimum absolute atomic E-state index is 0.0133. The molecule has 0 aliphatic rings. The van der Waals surface area contributed by atoms with Gasteiger partial charge in [-0.25, -0.2) is 0 Å². The molecule has 0 radical (unpaired) electrons. The zero-order chi connectivity index (χ0) is 16.9. The van der Waals surface area contributed by atoms with Crippen LogP contribution in [0, 0.1) is 0 Å². The number of hydrogen-bond acceptors (Lipinski definition) is 3. The van der Waals surface area contributed by atoms with E-state index in [0.29, 0.717) is 13.0 Å². The Bertz CT molecular complexity index is 661. The number of carbonyl (C=O) groups excluding carboxylic acids is 1. The number of methoxy groups -OCH3 is 1. The van der Waals surface area contributed by atoms with Crippen molar-refractivity contribution in [2.24, 2.45) is 0 Å². The minimum atomic E-state index is -0.0359. The van der Waals surface area contributed by atoms with Crippen molar-refractivity contribution in [2.75, 3.05) is 7.11 Å². The van der Waals surface area contributed by atoms with E-state index in [2.05, 4.69) is 37.1 Å². The molecule has 0 fully saturated rings. The van der Waals surface area contributed by atoms with Gasteiger partial charge in [0.15, 0.2) is 0 Å². The third kappa shape index (κ3) is 4.81. The molecule has 0 aliphatic heterocycles. The molecule has 122 valence electrons. The van der Waals surface area contributed by atoms with E-state index < -0.39 is 0 Å². The quantitative estimate of drug-likeness (QED) is 0.922. The highest BCUT2D eigenvalue weighted by Gasteiger charge is 2.19. The number of carbonyl (C=O) groups is 1. The van der Waals surface area contributed by atoms with Crippen LogP contribution >= 0.6 is 0 Å². The van der Waals surface area contributed by atoms with Crippen LogP contribution in [0.1, 0.15) is 37.6 Å². The molecular formula is C19H24N2O2. The molecule has 2 rings (SSSR count). The predicted molar refractivity (Wildman–Crippen MR) is 91.5 cm³/mol. The van der Waals surface area contributed by atoms with Gasteiger partial charge in [-0.3, -0.25) is 9.78 Å². The van der Waals surface area contributed by atoms with Crippen molar-refractivity contribution in [3.8, 4) is 5.75 Å². The van der Waals surface area contributed by atoms with E-state index in [1.165, 1.54) is 0 Å². The van der Waals surface area contributed by atoms with Crippen LogP contribution < -0.4 is 10.1 Å². The van der Waals surface area contributed by atoms with Crippen LogP contribution in [0.4, 0.5) is 0 Å². The highest BCUT2D eigenvalue weighted by atomic mass is 16.5. The maximum atomic E-state index is 12.1. The summed E-state index contributed by atoms with van der Waals surface area (Å²) < 4.78 is 5.43. The Balaban J connectivity index is 2.03. The molecule has 1 N–H and O–H groups in total. The van der Waals surface area contributed by atoms with E-state index in [1.807, 2.05) is 30.3 Å². The number of benzene rings is 1. The Morgan fingerprint density at radius 3 is 2.61 bits per heavy atom. The number of hydrogen-bond donors (Lipinski definition) is 1. The van der Waals surface area contributed by atoms with Gasteiger partial charge in [0, 0.05) is 6.20 Å². The molecule has 0 unspecified atom stereocenters. The van der Waals surface area contributed by atoms with Crippen LogP contribution in [0.3, 0.4) is 0 Å². The molecule has 23 heavy (non-hydrogen) atoms. The van der Waals surface area contributed by atoms with Crippen molar-refractivity contribution in [2.45, 2.75) is 39.2 Å². The maximum absolute atomic E-state index is 12.1. The summed E-state index contributed by atoms with van der Waals surface area (Å²) in [7, 11) is 1.67. The van der Waals surface area contributed by atoms with Gasteiger partial charge in [-0.1, -0.05) is 39.0 Å². The Kier molecular flexibility index (Phi) is 5.37. The normalized spacial score (nSPS) is 11.1. The SMILES string of the molecule is COc1ccc(CC(=O)NCc2ccccn2)cc1C(C)(C)C. The first-order valence-corrected chi connectivity index (χ1v) is 7.74. The van der Waals surface area contributed by atoms with E-state index in [4.69, 9.17) is 4.74 Å². The summed E-state index contributed by atoms with van der Waals surface area (Å²) in [6.07, 6.45) is 2.07. The molecule has 4 heteroatoms. The average Bonchev–Trinajstić information content (AvgIpc) is 2.53. The van der Waals surface area contributed by atoms with Gasteiger partial charge in [-0.15, -0.1) is 0 Å². The standard InChI is InChI=1S/C19H24N2O2/c1-19(2,3)16-11-14(8-9-17(16)23-4)12-18(22)21-13-15-7-5-6-10-20-15/h5-11H,12-13H2,1-4H3,(H,21,22). The number of rotatable bonds is 5. The van der Waals surface area contributed by atoms with Crippen LogP contribution in [0.5, 0.6) is 5.75 Å². The van der Waals surface area contributed by atoms with Crippen molar-refractivity contribution in [3.05, 3.63) is 59.4 Å². The third-order valence-electron chi connectivity index (χ3n) is 3.63. The molecule has 0 saturated heterocycles. The van der Waals surface area contributed by atoms with Crippen molar-refractivity contribution >= 4 is 5.91 Å². The molecule has 2 aromatic rings. The Labute approximate surface area is 137 Å². The fraction of sp³-hybridized carbons (Fsp3) is 0.368. The highest BCUT2D eigenvalue weighted by Crippen LogP contribution is 2.32. The smallest absolute Gasteiger partial charge is 0.224 e. The van der Waals surface area contributed by atoms with Gasteiger partial charge in [0.2, 0.25) is 5.91 Å². The Morgan fingerprint density at radius 1 is 1.22 bits per heavy atom. The predicted octanol–water partition coefficient (Wildman–Crippen LogP) is 3.25. The van der Waals surface area contributed by atoms with Crippen LogP contribution in [0.2, 0.25) is 0 Å². The van der Waals surface area contributed by atoms with Crippen molar-refractivity contribution in [1.29, 1.82) is 0 Å². The van der Waals surface area contributed by atoms with E-state index >= 15 is 0 Å². The molecule has 1 aromatic carbocycles. The monoisotopic (exact) mass is 312 g/mol. The summed E-state index contributed by atoms with van der Waals surface area (Å²) in [5, 5.41) is 2.90. The van der Waals surface area contributed by atoms with Crippen molar-refractivity contribution in [1.82, 2.24) is 10.3 Å². The first-order valence-electron chi connectivity index (χ1n) is 7.74. The largest absolute Gasteiger partial charge is 0.496 e. The summed E-state index contributed by atoms with van der Waals surface area (Å²) >= 11 is 0. The molecule has 1 heterocycles. The zero-order valence-electron chi connectivity index (χ0n) is 14.2. The van der Waals surface area contributed by atoms with Gasteiger partial charge in [-0.2, -0.15) is 0 Å². The van der Waals surface area contributed by atoms with Crippen LogP contribution in [0.15, 0.2) is 42.6 Å². The number of aromatic nitrogens is 1. The lowest BCUT2D eigenvalue weighted by Gasteiger charge is -2.23. The summed E-state index contributed by atoms with van der Waals surface area (Å²) in [6.45, 7) is 6.85. The summed E-state index contributed by atoms with van der Waals surface area (Å²) in [5.41, 5.74) is 2.90. The van der Waals surface area contributed by atoms with E-state index in [-0.39, 0.29) is 11.3 Å². The molecule has 0 aliphatic carbocycles. The molecule has 1 aromatic heterocycles. The second-order valence-corrected chi connectivity index (χ2v) is 6.56. The van der Waals surface area contributed by atoms with Crippen LogP contribution in [0.25, 0.3) is 0 Å². The Hall–Kier alpha value is -2.36. The van der Waals surface area contributed by atoms with Crippen LogP contribution in [-0.4, -0.2) is 18.0 Å². The summed E-state index contributed by atoms with van der Waals surface area (Å²) in [6, 6.07) is 11.6. The van der Waals surface area contributed by atoms with Gasteiger partial charge >= 0.3 is 0 Å². The number of nitrogens with zero attached hydrogens (tertiary/aromatic N) is 1. The summed E-state index contributed by atoms with van der Waals surface area (Å²) in [4.78, 5) is 16.3. The number of amides is 1. The van der Waals surface area contributed by atoms with Gasteiger partial charge in [0.1, 0.15) is 5.75 Å². The molecule has 1 amide bonds. The fourth-order valence-electron chi connectivity index (χ4n) is 2.39. The molecule has 4 nitrogen and oxygen atoms in total. The lowest BCUT2D eigenvalue weighted by atomic mass is 9.85. The Morgan fingerprint density at radius 2 is 2.00 bits per heavy atom. The molecule has 0 spiro atoms. The maximum Gasteiger partial charge on any atom is 0.224 e. The molecule has 0 atom stereocenters. The first-order chi connectivity index (χ1) is 10.9. The topological polar surface area (TPSA) is 51.2 Å². The van der Waals surface area contributed by atoms with Gasteiger partial charge in [0.05, 0.1) is 25.8 Å². The lowest BCUT2D eigenvalue weighted by Crippen LogP contribution is -2.25. The number of pyridine rings is 1. The van der Waals surface area contributed by atoms with Crippen molar-refractivity contribution < 1.29 is 9.53 Å². The second kappa shape index (κ2) is 7.27. The molecule has 0 saturated carbocycles. The van der Waals surface area contributed by atoms with Crippen molar-refractivity contribution in [3.63, 3.8) is 0 Å². The number of ether oxygens (including phenoxy) is 1. The fourth-order valence-corrected chi connectivity index (χ4v) is 2.39. The minimum Gasteiger partial charge on any atom is -0.496 e. The zero-order valence-corrected chi connectivity index (χ0v) is 14.2. The highest BCUT2D eigenvalue weighted by molar-refractivity contribution is 5.78. The summed E-state index contributed by atoms with van der Waals surface area (Å²) in [5.74, 6) is 0.843. The molecule has 0 bridgehead atoms. The van der Waals surface area contributed by atoms with Gasteiger partial charge in [-0.05, 0) is 34.7 Å². The second-order valence-electron chi connectivity index (χ2n) is 6.56.